The van der Waals surface area contributed by atoms with Crippen LogP contribution in [-0.4, -0.2) is 240 Å². The lowest BCUT2D eigenvalue weighted by atomic mass is 9.95. The zero-order chi connectivity index (χ0) is 91.0. The first-order valence-electron chi connectivity index (χ1n) is 41.5. The molecule has 0 saturated carbocycles. The molecule has 0 radical (unpaired) electrons. The lowest BCUT2D eigenvalue weighted by Crippen LogP contribution is -2.63. The SMILES string of the molecule is CC[C@H](C)[C@@H]1NC(=O)[C@H](CC(N)=O)NC(=O)[C@H](Cc2ccc(O)cc2)NC(=O)[C@H](Cc2c[nH]c3ccccc23)NC(=O)[C@H](CO)NC(=O)[C@H](CC(N)=O)NC(=O)[C@H](Cc2c[nH]c3ccccc23)NC(=O)[C@H](Cc2ccc(O)cc2)NC(=O)[C@H](CCCCN)NC(=O)[C@H](CO)NC(=O)[C@@H](C)C(=O)[C@@H](C(=O)N2CCCC2)NC(=O)[C@H](Cc2c[nH]c3ccccc23)NC1=O. The number of phenolic OH excluding ortho intramolecular Hbond substituents is 2. The third kappa shape index (κ3) is 25.1. The number of aliphatic hydroxyl groups is 2. The molecule has 2 saturated heterocycles. The van der Waals surface area contributed by atoms with Crippen LogP contribution in [0.3, 0.4) is 0 Å². The van der Waals surface area contributed by atoms with Crippen molar-refractivity contribution >= 4 is 127 Å². The van der Waals surface area contributed by atoms with Crippen LogP contribution in [0.25, 0.3) is 32.7 Å². The molecule has 15 amide bonds. The van der Waals surface area contributed by atoms with Gasteiger partial charge in [0, 0.05) is 96.5 Å². The average Bonchev–Trinajstić information content (AvgIpc) is 1.62. The fraction of sp³-hybridized carbons (Fsp3) is 0.402. The molecular formula is C87H107N19O20. The molecule has 2 aliphatic rings. The van der Waals surface area contributed by atoms with Crippen LogP contribution in [0.15, 0.2) is 140 Å². The number of nitrogens with two attached hydrogens (primary N) is 3. The number of ketones is 1. The highest BCUT2D eigenvalue weighted by atomic mass is 16.3. The van der Waals surface area contributed by atoms with E-state index in [0.29, 0.717) is 67.8 Å². The van der Waals surface area contributed by atoms with Crippen LogP contribution in [0.4, 0.5) is 0 Å². The Kier molecular flexibility index (Phi) is 33.1. The van der Waals surface area contributed by atoms with Gasteiger partial charge in [-0.25, -0.2) is 0 Å². The van der Waals surface area contributed by atoms with E-state index in [1.807, 2.05) is 0 Å². The molecule has 39 heteroatoms. The Labute approximate surface area is 722 Å². The molecule has 39 nitrogen and oxygen atoms in total. The molecule has 8 aromatic rings. The number of nitrogens with one attached hydrogen (secondary N) is 15. The van der Waals surface area contributed by atoms with E-state index in [4.69, 9.17) is 17.2 Å². The van der Waals surface area contributed by atoms with E-state index in [1.54, 1.807) is 92.8 Å². The summed E-state index contributed by atoms with van der Waals surface area (Å²) in [4.78, 5) is 247. The summed E-state index contributed by atoms with van der Waals surface area (Å²) in [6.45, 7) is 2.15. The third-order valence-corrected chi connectivity index (χ3v) is 22.4. The number of rotatable bonds is 23. The minimum Gasteiger partial charge on any atom is -0.508 e. The Hall–Kier alpha value is -14.1. The summed E-state index contributed by atoms with van der Waals surface area (Å²) in [7, 11) is 0. The Bertz CT molecular complexity index is 5300. The van der Waals surface area contributed by atoms with E-state index in [9.17, 15) is 54.0 Å². The number of benzene rings is 5. The van der Waals surface area contributed by atoms with Gasteiger partial charge in [-0.15, -0.1) is 0 Å². The first kappa shape index (κ1) is 94.2. The zero-order valence-electron chi connectivity index (χ0n) is 69.6. The number of likely N-dealkylation sites (tertiary alicyclic amines) is 1. The third-order valence-electron chi connectivity index (χ3n) is 22.4. The van der Waals surface area contributed by atoms with E-state index in [0.717, 1.165) is 6.92 Å². The number of hydrogen-bond donors (Lipinski definition) is 22. The number of para-hydroxylation sites is 3. The number of Topliss-reactive ketones (excluding diaryl/α,β-unsaturated/α-hetero) is 1. The molecule has 3 aromatic heterocycles. The molecule has 14 atom stereocenters. The number of primary amides is 2. The molecule has 0 spiro atoms. The molecule has 2 aliphatic heterocycles. The van der Waals surface area contributed by atoms with Gasteiger partial charge in [-0.1, -0.05) is 99.1 Å². The largest absolute Gasteiger partial charge is 0.508 e. The maximum Gasteiger partial charge on any atom is 0.252 e. The molecule has 5 heterocycles. The number of aromatic hydroxyl groups is 2. The molecule has 0 bridgehead atoms. The Morgan fingerprint density at radius 2 is 0.730 bits per heavy atom. The van der Waals surface area contributed by atoms with E-state index < -0.39 is 230 Å². The topological polar surface area (TPSA) is 627 Å². The summed E-state index contributed by atoms with van der Waals surface area (Å²) in [6.07, 6.45) is 1.85. The first-order chi connectivity index (χ1) is 60.3. The molecule has 2 fully saturated rings. The standard InChI is InChI=1S/C87H107N19O20/c1-4-45(2)72-86(125)101-65(37-51-42-93-59-20-10-7-17-56(51)59)82(121)105-73(87(126)106-31-13-14-32-106)74(113)46(3)75(114)102-68(43-107)84(123)94-60(21-11-12-30-88)76(115)95-61(33-47-22-26-52(109)27-23-47)77(116)97-63(35-49-40-91-57-18-8-5-15-54(49)57)80(119)99-66(38-70(89)111)81(120)103-69(44-108)85(124)98-64(36-50-41-92-58-19-9-6-16-55(50)58)79(118)96-62(34-48-24-28-53(110)29-25-48)78(117)100-67(39-71(90)112)83(122)104-72/h5-10,15-20,22-29,40-42,45-46,60-69,72-73,91-93,107-110H,4,11-14,21,30-39,43-44,88H2,1-3H3,(H2,89,111)(H2,90,112)(H,94,123)(H,95,115)(H,96,118)(H,97,116)(H,98,124)(H,99,119)(H,100,117)(H,101,125)(H,102,114)(H,103,120)(H,104,122)(H,105,121)/t45-,46-,60-,61-,62-,63-,64-,65-,66-,67-,68-,69-,72-,73-/m0/s1. The van der Waals surface area contributed by atoms with Crippen LogP contribution in [0.5, 0.6) is 11.5 Å². The number of carbonyl (C=O) groups excluding carboxylic acids is 16. The maximum atomic E-state index is 15.4. The summed E-state index contributed by atoms with van der Waals surface area (Å²) in [6, 6.07) is 8.87. The summed E-state index contributed by atoms with van der Waals surface area (Å²) >= 11 is 0. The van der Waals surface area contributed by atoms with Crippen molar-refractivity contribution in [2.45, 2.75) is 177 Å². The Balaban J connectivity index is 1.06. The lowest BCUT2D eigenvalue weighted by Gasteiger charge is -2.30. The van der Waals surface area contributed by atoms with Gasteiger partial charge in [0.25, 0.3) is 5.91 Å². The van der Waals surface area contributed by atoms with Gasteiger partial charge in [-0.3, -0.25) is 76.7 Å². The number of nitrogens with zero attached hydrogens (tertiary/aromatic N) is 1. The summed E-state index contributed by atoms with van der Waals surface area (Å²) in [5.74, 6) is -21.9. The number of aromatic nitrogens is 3. The van der Waals surface area contributed by atoms with E-state index in [-0.39, 0.29) is 68.8 Å². The van der Waals surface area contributed by atoms with Crippen LogP contribution < -0.4 is 81.0 Å². The van der Waals surface area contributed by atoms with Gasteiger partial charge < -0.3 is 121 Å². The van der Waals surface area contributed by atoms with Crippen molar-refractivity contribution in [1.82, 2.24) is 83.7 Å². The van der Waals surface area contributed by atoms with Crippen molar-refractivity contribution in [2.24, 2.45) is 29.0 Å². The predicted molar refractivity (Wildman–Crippen MR) is 457 cm³/mol. The van der Waals surface area contributed by atoms with Gasteiger partial charge in [0.05, 0.1) is 32.0 Å². The van der Waals surface area contributed by atoms with Crippen LogP contribution >= 0.6 is 0 Å². The molecule has 0 unspecified atom stereocenters. The predicted octanol–water partition coefficient (Wildman–Crippen LogP) is -2.38. The van der Waals surface area contributed by atoms with Crippen LogP contribution in [0.2, 0.25) is 0 Å². The molecule has 25 N–H and O–H groups in total. The number of aliphatic hydroxyl groups excluding tert-OH is 2. The maximum absolute atomic E-state index is 15.4. The van der Waals surface area contributed by atoms with Crippen LogP contribution in [0, 0.1) is 11.8 Å². The number of phenols is 2. The lowest BCUT2D eigenvalue weighted by molar-refractivity contribution is -0.145. The highest BCUT2D eigenvalue weighted by molar-refractivity contribution is 6.16. The quantitative estimate of drug-likeness (QED) is 0.0235. The number of fused-ring (bicyclic) bond motifs is 3. The minimum atomic E-state index is -2.19. The van der Waals surface area contributed by atoms with Gasteiger partial charge in [0.1, 0.15) is 78.0 Å². The number of amides is 15. The van der Waals surface area contributed by atoms with Crippen LogP contribution in [0.1, 0.15) is 100.0 Å². The number of unbranched alkanes of at least 4 members (excludes halogenated alkanes) is 1. The van der Waals surface area contributed by atoms with Crippen molar-refractivity contribution in [1.29, 1.82) is 0 Å². The monoisotopic (exact) mass is 1740 g/mol. The second kappa shape index (κ2) is 44.3. The van der Waals surface area contributed by atoms with Gasteiger partial charge in [-0.05, 0) is 122 Å². The fourth-order valence-electron chi connectivity index (χ4n) is 15.0. The molecular weight excluding hydrogens is 1630 g/mol. The highest BCUT2D eigenvalue weighted by Gasteiger charge is 2.43. The minimum absolute atomic E-state index is 0.0945. The van der Waals surface area contributed by atoms with Gasteiger partial charge in [-0.2, -0.15) is 0 Å². The Morgan fingerprint density at radius 3 is 1.12 bits per heavy atom. The van der Waals surface area contributed by atoms with Gasteiger partial charge in [0.15, 0.2) is 11.8 Å². The smallest absolute Gasteiger partial charge is 0.252 e. The molecule has 670 valence electrons. The van der Waals surface area contributed by atoms with Crippen molar-refractivity contribution < 1.29 is 97.1 Å². The normalized spacial score (nSPS) is 23.6. The van der Waals surface area contributed by atoms with Crippen molar-refractivity contribution in [2.75, 3.05) is 32.8 Å². The second-order valence-electron chi connectivity index (χ2n) is 31.5. The number of carbonyl (C=O) groups is 16. The second-order valence-corrected chi connectivity index (χ2v) is 31.5. The van der Waals surface area contributed by atoms with Crippen molar-refractivity contribution in [3.63, 3.8) is 0 Å². The fourth-order valence-corrected chi connectivity index (χ4v) is 15.0. The van der Waals surface area contributed by atoms with E-state index in [2.05, 4.69) is 78.8 Å². The van der Waals surface area contributed by atoms with Crippen molar-refractivity contribution in [3.05, 3.63) is 168 Å². The molecule has 0 aliphatic carbocycles. The first-order valence-corrected chi connectivity index (χ1v) is 41.5. The summed E-state index contributed by atoms with van der Waals surface area (Å²) in [5.41, 5.74) is 20.9. The van der Waals surface area contributed by atoms with Gasteiger partial charge >= 0.3 is 0 Å². The molecule has 10 rings (SSSR count). The average molecular weight is 1740 g/mol. The summed E-state index contributed by atoms with van der Waals surface area (Å²) < 4.78 is 0. The van der Waals surface area contributed by atoms with E-state index >= 15 is 43.2 Å². The highest BCUT2D eigenvalue weighted by Crippen LogP contribution is 2.26. The Morgan fingerprint density at radius 1 is 0.405 bits per heavy atom. The van der Waals surface area contributed by atoms with E-state index in [1.165, 1.54) is 65.8 Å². The molecule has 126 heavy (non-hydrogen) atoms. The van der Waals surface area contributed by atoms with Crippen molar-refractivity contribution in [3.8, 4) is 11.5 Å². The summed E-state index contributed by atoms with van der Waals surface area (Å²) in [5, 5.41) is 74.5. The zero-order valence-corrected chi connectivity index (χ0v) is 69.6. The van der Waals surface area contributed by atoms with Gasteiger partial charge in [0.2, 0.25) is 82.7 Å². The number of aromatic amines is 3. The number of hydrogen-bond acceptors (Lipinski definition) is 21. The molecule has 5 aromatic carbocycles. The number of H-pyrrole nitrogens is 3. The van der Waals surface area contributed by atoms with Crippen LogP contribution in [-0.2, 0) is 109 Å².